The number of aliphatic imine (C=N–C) groups is 1. The van der Waals surface area contributed by atoms with Gasteiger partial charge < -0.3 is 24.7 Å². The van der Waals surface area contributed by atoms with Crippen LogP contribution in [-0.2, 0) is 4.74 Å². The lowest BCUT2D eigenvalue weighted by molar-refractivity contribution is 0.0963. The van der Waals surface area contributed by atoms with Gasteiger partial charge in [0.15, 0.2) is 5.96 Å². The maximum Gasteiger partial charge on any atom is 0.409 e. The predicted octanol–water partition coefficient (Wildman–Crippen LogP) is 2.90. The predicted molar refractivity (Wildman–Crippen MR) is 118 cm³/mol. The van der Waals surface area contributed by atoms with Crippen molar-refractivity contribution in [1.29, 1.82) is 0 Å². The molecule has 1 aromatic rings. The van der Waals surface area contributed by atoms with Crippen LogP contribution in [0.3, 0.4) is 0 Å². The first-order chi connectivity index (χ1) is 14.6. The normalized spacial score (nSPS) is 19.7. The van der Waals surface area contributed by atoms with Crippen LogP contribution in [0.25, 0.3) is 0 Å². The number of aryl methyl sites for hydroxylation is 1. The van der Waals surface area contributed by atoms with E-state index in [1.165, 1.54) is 12.8 Å². The Balaban J connectivity index is 1.59. The Labute approximate surface area is 180 Å². The summed E-state index contributed by atoms with van der Waals surface area (Å²) in [5, 5.41) is 6.93. The van der Waals surface area contributed by atoms with E-state index < -0.39 is 0 Å². The fourth-order valence-corrected chi connectivity index (χ4v) is 4.18. The zero-order valence-corrected chi connectivity index (χ0v) is 18.7. The third kappa shape index (κ3) is 6.14. The van der Waals surface area contributed by atoms with Crippen LogP contribution in [0.1, 0.15) is 57.1 Å². The molecule has 0 radical (unpaired) electrons. The average Bonchev–Trinajstić information content (AvgIpc) is 3.41. The van der Waals surface area contributed by atoms with Gasteiger partial charge in [0.1, 0.15) is 11.5 Å². The van der Waals surface area contributed by atoms with Crippen molar-refractivity contribution in [1.82, 2.24) is 20.4 Å². The monoisotopic (exact) mass is 419 g/mol. The van der Waals surface area contributed by atoms with Crippen LogP contribution in [0.2, 0.25) is 0 Å². The summed E-state index contributed by atoms with van der Waals surface area (Å²) in [6.45, 7) is 11.4. The molecule has 1 amide bonds. The molecule has 0 aromatic carbocycles. The largest absolute Gasteiger partial charge is 0.465 e. The fourth-order valence-electron chi connectivity index (χ4n) is 4.18. The molecule has 3 heterocycles. The highest BCUT2D eigenvalue weighted by Crippen LogP contribution is 2.27. The van der Waals surface area contributed by atoms with Gasteiger partial charge in [-0.25, -0.2) is 4.79 Å². The van der Waals surface area contributed by atoms with Crippen molar-refractivity contribution in [3.05, 3.63) is 23.7 Å². The van der Waals surface area contributed by atoms with Gasteiger partial charge in [0.05, 0.1) is 19.2 Å². The molecule has 0 aliphatic carbocycles. The van der Waals surface area contributed by atoms with E-state index in [1.807, 2.05) is 19.9 Å². The van der Waals surface area contributed by atoms with Crippen LogP contribution < -0.4 is 10.6 Å². The number of nitrogens with zero attached hydrogens (tertiary/aromatic N) is 3. The first kappa shape index (κ1) is 22.5. The number of carbonyl (C=O) groups is 1. The van der Waals surface area contributed by atoms with E-state index in [4.69, 9.17) is 14.1 Å². The molecule has 30 heavy (non-hydrogen) atoms. The van der Waals surface area contributed by atoms with Gasteiger partial charge in [0, 0.05) is 25.7 Å². The number of furan rings is 1. The molecule has 168 valence electrons. The van der Waals surface area contributed by atoms with Crippen molar-refractivity contribution in [2.24, 2.45) is 4.99 Å². The molecule has 2 fully saturated rings. The van der Waals surface area contributed by atoms with E-state index in [9.17, 15) is 4.79 Å². The SMILES string of the molecule is CCNC(=NCC(c1ccc(C)o1)N1CCCC1)NC1CCN(C(=O)OCC)CC1. The minimum absolute atomic E-state index is 0.169. The summed E-state index contributed by atoms with van der Waals surface area (Å²) in [5.74, 6) is 2.77. The number of nitrogens with one attached hydrogen (secondary N) is 2. The molecule has 1 atom stereocenters. The average molecular weight is 420 g/mol. The van der Waals surface area contributed by atoms with Crippen molar-refractivity contribution in [2.75, 3.05) is 45.9 Å². The van der Waals surface area contributed by atoms with Crippen LogP contribution in [-0.4, -0.2) is 73.8 Å². The highest BCUT2D eigenvalue weighted by atomic mass is 16.6. The molecule has 8 heteroatoms. The number of carbonyl (C=O) groups excluding carboxylic acids is 1. The van der Waals surface area contributed by atoms with E-state index in [2.05, 4.69) is 28.5 Å². The summed E-state index contributed by atoms with van der Waals surface area (Å²) in [4.78, 5) is 21.1. The Bertz CT molecular complexity index is 691. The molecule has 2 N–H and O–H groups in total. The van der Waals surface area contributed by atoms with Crippen LogP contribution in [0.15, 0.2) is 21.5 Å². The van der Waals surface area contributed by atoms with Crippen LogP contribution in [0.4, 0.5) is 4.79 Å². The summed E-state index contributed by atoms with van der Waals surface area (Å²) < 4.78 is 11.1. The zero-order chi connectivity index (χ0) is 21.3. The molecule has 2 saturated heterocycles. The molecule has 1 unspecified atom stereocenters. The van der Waals surface area contributed by atoms with Gasteiger partial charge in [-0.15, -0.1) is 0 Å². The van der Waals surface area contributed by atoms with Gasteiger partial charge in [0.2, 0.25) is 0 Å². The number of hydrogen-bond donors (Lipinski definition) is 2. The molecule has 0 bridgehead atoms. The zero-order valence-electron chi connectivity index (χ0n) is 18.7. The maximum absolute atomic E-state index is 11.9. The summed E-state index contributed by atoms with van der Waals surface area (Å²) in [6, 6.07) is 4.58. The number of guanidine groups is 1. The molecule has 0 saturated carbocycles. The Hall–Kier alpha value is -2.22. The summed E-state index contributed by atoms with van der Waals surface area (Å²) in [7, 11) is 0. The first-order valence-electron chi connectivity index (χ1n) is 11.4. The Kier molecular flexibility index (Phi) is 8.42. The minimum atomic E-state index is -0.210. The van der Waals surface area contributed by atoms with Gasteiger partial charge in [0.25, 0.3) is 0 Å². The standard InChI is InChI=1S/C22H37N5O3/c1-4-23-21(25-18-10-14-27(15-11-18)22(28)29-5-2)24-16-19(26-12-6-7-13-26)20-9-8-17(3)30-20/h8-9,18-19H,4-7,10-16H2,1-3H3,(H2,23,24,25). The van der Waals surface area contributed by atoms with Crippen molar-refractivity contribution in [3.8, 4) is 0 Å². The van der Waals surface area contributed by atoms with E-state index in [0.717, 1.165) is 50.0 Å². The van der Waals surface area contributed by atoms with Crippen LogP contribution in [0, 0.1) is 6.92 Å². The second-order valence-corrected chi connectivity index (χ2v) is 8.03. The second-order valence-electron chi connectivity index (χ2n) is 8.03. The van der Waals surface area contributed by atoms with Gasteiger partial charge in [-0.3, -0.25) is 9.89 Å². The molecule has 0 spiro atoms. The minimum Gasteiger partial charge on any atom is -0.465 e. The van der Waals surface area contributed by atoms with Gasteiger partial charge in [-0.2, -0.15) is 0 Å². The quantitative estimate of drug-likeness (QED) is 0.522. The first-order valence-corrected chi connectivity index (χ1v) is 11.4. The number of ether oxygens (including phenoxy) is 1. The van der Waals surface area contributed by atoms with E-state index in [1.54, 1.807) is 4.90 Å². The molecule has 3 rings (SSSR count). The topological polar surface area (TPSA) is 82.3 Å². The molecular weight excluding hydrogens is 382 g/mol. The lowest BCUT2D eigenvalue weighted by Crippen LogP contribution is -2.50. The number of hydrogen-bond acceptors (Lipinski definition) is 5. The van der Waals surface area contributed by atoms with E-state index in [0.29, 0.717) is 32.3 Å². The highest BCUT2D eigenvalue weighted by molar-refractivity contribution is 5.80. The van der Waals surface area contributed by atoms with Crippen LogP contribution >= 0.6 is 0 Å². The molecule has 8 nitrogen and oxygen atoms in total. The van der Waals surface area contributed by atoms with Gasteiger partial charge in [-0.05, 0) is 71.7 Å². The summed E-state index contributed by atoms with van der Waals surface area (Å²) >= 11 is 0. The van der Waals surface area contributed by atoms with Gasteiger partial charge in [-0.1, -0.05) is 0 Å². The Morgan fingerprint density at radius 2 is 1.97 bits per heavy atom. The van der Waals surface area contributed by atoms with E-state index >= 15 is 0 Å². The van der Waals surface area contributed by atoms with E-state index in [-0.39, 0.29) is 12.1 Å². The maximum atomic E-state index is 11.9. The lowest BCUT2D eigenvalue weighted by atomic mass is 10.1. The van der Waals surface area contributed by atoms with Crippen molar-refractivity contribution in [3.63, 3.8) is 0 Å². The van der Waals surface area contributed by atoms with Crippen molar-refractivity contribution in [2.45, 2.75) is 58.5 Å². The smallest absolute Gasteiger partial charge is 0.409 e. The molecular formula is C22H37N5O3. The number of piperidine rings is 1. The summed E-state index contributed by atoms with van der Waals surface area (Å²) in [6.07, 6.45) is 4.03. The highest BCUT2D eigenvalue weighted by Gasteiger charge is 2.27. The third-order valence-electron chi connectivity index (χ3n) is 5.80. The third-order valence-corrected chi connectivity index (χ3v) is 5.80. The Morgan fingerprint density at radius 3 is 2.57 bits per heavy atom. The number of likely N-dealkylation sites (tertiary alicyclic amines) is 2. The van der Waals surface area contributed by atoms with Gasteiger partial charge >= 0.3 is 6.09 Å². The summed E-state index contributed by atoms with van der Waals surface area (Å²) in [5.41, 5.74) is 0. The molecule has 2 aliphatic rings. The molecule has 1 aromatic heterocycles. The van der Waals surface area contributed by atoms with Crippen molar-refractivity contribution < 1.29 is 13.9 Å². The van der Waals surface area contributed by atoms with Crippen LogP contribution in [0.5, 0.6) is 0 Å². The molecule has 2 aliphatic heterocycles. The lowest BCUT2D eigenvalue weighted by Gasteiger charge is -2.32. The number of amides is 1. The fraction of sp³-hybridized carbons (Fsp3) is 0.727. The van der Waals surface area contributed by atoms with Crippen molar-refractivity contribution >= 4 is 12.1 Å². The number of rotatable bonds is 7. The second kappa shape index (κ2) is 11.2. The Morgan fingerprint density at radius 1 is 1.23 bits per heavy atom.